The first-order valence-electron chi connectivity index (χ1n) is 6.96. The fraction of sp³-hybridized carbons (Fsp3) is 0.923. The van der Waals surface area contributed by atoms with Crippen LogP contribution in [0, 0.1) is 5.92 Å². The molecular formula is C13H24N2O2. The average Bonchev–Trinajstić information content (AvgIpc) is 2.67. The molecule has 0 spiro atoms. The summed E-state index contributed by atoms with van der Waals surface area (Å²) in [6.45, 7) is 3.35. The molecule has 4 heteroatoms. The second kappa shape index (κ2) is 6.36. The molecule has 0 aromatic rings. The van der Waals surface area contributed by atoms with Gasteiger partial charge in [-0.15, -0.1) is 0 Å². The molecule has 2 N–H and O–H groups in total. The molecule has 0 bridgehead atoms. The first-order valence-corrected chi connectivity index (χ1v) is 6.96. The van der Waals surface area contributed by atoms with Gasteiger partial charge < -0.3 is 15.3 Å². The highest BCUT2D eigenvalue weighted by molar-refractivity contribution is 5.81. The molecule has 1 saturated carbocycles. The van der Waals surface area contributed by atoms with Crippen molar-refractivity contribution >= 4 is 5.91 Å². The first kappa shape index (κ1) is 12.8. The zero-order chi connectivity index (χ0) is 12.1. The van der Waals surface area contributed by atoms with E-state index in [2.05, 4.69) is 5.32 Å². The van der Waals surface area contributed by atoms with E-state index in [0.29, 0.717) is 0 Å². The first-order chi connectivity index (χ1) is 8.29. The molecule has 0 unspecified atom stereocenters. The Balaban J connectivity index is 1.88. The SMILES string of the molecule is O=C([C@H](O)C1CCCCC1)N1CCCNCC1. The number of amides is 1. The summed E-state index contributed by atoms with van der Waals surface area (Å²) in [5, 5.41) is 13.4. The molecule has 1 aliphatic carbocycles. The summed E-state index contributed by atoms with van der Waals surface area (Å²) in [6.07, 6.45) is 5.84. The van der Waals surface area contributed by atoms with Crippen LogP contribution in [0.15, 0.2) is 0 Å². The minimum atomic E-state index is -0.756. The van der Waals surface area contributed by atoms with Gasteiger partial charge in [-0.1, -0.05) is 19.3 Å². The average molecular weight is 240 g/mol. The maximum atomic E-state index is 12.2. The molecule has 2 rings (SSSR count). The van der Waals surface area contributed by atoms with Gasteiger partial charge in [0.15, 0.2) is 0 Å². The van der Waals surface area contributed by atoms with Crippen LogP contribution in [0.2, 0.25) is 0 Å². The van der Waals surface area contributed by atoms with Crippen molar-refractivity contribution in [2.75, 3.05) is 26.2 Å². The molecule has 98 valence electrons. The normalized spacial score (nSPS) is 25.4. The predicted molar refractivity (Wildman–Crippen MR) is 66.6 cm³/mol. The van der Waals surface area contributed by atoms with E-state index >= 15 is 0 Å². The molecule has 1 heterocycles. The summed E-state index contributed by atoms with van der Waals surface area (Å²) in [5.41, 5.74) is 0. The quantitative estimate of drug-likeness (QED) is 0.749. The molecule has 2 fully saturated rings. The number of hydrogen-bond donors (Lipinski definition) is 2. The zero-order valence-electron chi connectivity index (χ0n) is 10.5. The summed E-state index contributed by atoms with van der Waals surface area (Å²) < 4.78 is 0. The summed E-state index contributed by atoms with van der Waals surface area (Å²) in [7, 11) is 0. The fourth-order valence-electron chi connectivity index (χ4n) is 2.90. The summed E-state index contributed by atoms with van der Waals surface area (Å²) in [6, 6.07) is 0. The molecule has 4 nitrogen and oxygen atoms in total. The van der Waals surface area contributed by atoms with E-state index in [9.17, 15) is 9.90 Å². The Hall–Kier alpha value is -0.610. The Morgan fingerprint density at radius 3 is 2.65 bits per heavy atom. The number of hydrogen-bond acceptors (Lipinski definition) is 3. The van der Waals surface area contributed by atoms with Gasteiger partial charge in [-0.05, 0) is 31.7 Å². The lowest BCUT2D eigenvalue weighted by molar-refractivity contribution is -0.143. The number of rotatable bonds is 2. The van der Waals surface area contributed by atoms with Crippen LogP contribution in [0.1, 0.15) is 38.5 Å². The van der Waals surface area contributed by atoms with Crippen molar-refractivity contribution in [3.8, 4) is 0 Å². The molecule has 2 aliphatic rings. The van der Waals surface area contributed by atoms with Gasteiger partial charge >= 0.3 is 0 Å². The fourth-order valence-corrected chi connectivity index (χ4v) is 2.90. The second-order valence-corrected chi connectivity index (χ2v) is 5.27. The smallest absolute Gasteiger partial charge is 0.251 e. The van der Waals surface area contributed by atoms with Crippen LogP contribution in [0.5, 0.6) is 0 Å². The molecule has 1 amide bonds. The van der Waals surface area contributed by atoms with Crippen molar-refractivity contribution in [3.05, 3.63) is 0 Å². The van der Waals surface area contributed by atoms with Crippen LogP contribution in [0.3, 0.4) is 0 Å². The number of aliphatic hydroxyl groups is 1. The van der Waals surface area contributed by atoms with Gasteiger partial charge in [-0.2, -0.15) is 0 Å². The number of carbonyl (C=O) groups is 1. The summed E-state index contributed by atoms with van der Waals surface area (Å²) in [5.74, 6) is 0.160. The van der Waals surface area contributed by atoms with Crippen LogP contribution >= 0.6 is 0 Å². The molecule has 0 radical (unpaired) electrons. The van der Waals surface area contributed by atoms with E-state index in [1.807, 2.05) is 4.90 Å². The van der Waals surface area contributed by atoms with Crippen LogP contribution in [-0.2, 0) is 4.79 Å². The number of nitrogens with zero attached hydrogens (tertiary/aromatic N) is 1. The van der Waals surface area contributed by atoms with Crippen LogP contribution in [-0.4, -0.2) is 48.2 Å². The molecule has 1 atom stereocenters. The Labute approximate surface area is 103 Å². The minimum absolute atomic E-state index is 0.0411. The van der Waals surface area contributed by atoms with Crippen molar-refractivity contribution < 1.29 is 9.90 Å². The van der Waals surface area contributed by atoms with Crippen LogP contribution in [0.4, 0.5) is 0 Å². The topological polar surface area (TPSA) is 52.6 Å². The van der Waals surface area contributed by atoms with E-state index in [0.717, 1.165) is 58.3 Å². The van der Waals surface area contributed by atoms with Gasteiger partial charge in [0.1, 0.15) is 6.10 Å². The lowest BCUT2D eigenvalue weighted by Crippen LogP contribution is -2.44. The van der Waals surface area contributed by atoms with Gasteiger partial charge in [-0.3, -0.25) is 4.79 Å². The molecule has 17 heavy (non-hydrogen) atoms. The third-order valence-electron chi connectivity index (χ3n) is 4.00. The van der Waals surface area contributed by atoms with Crippen molar-refractivity contribution in [2.45, 2.75) is 44.6 Å². The summed E-state index contributed by atoms with van der Waals surface area (Å²) >= 11 is 0. The second-order valence-electron chi connectivity index (χ2n) is 5.27. The van der Waals surface area contributed by atoms with Gasteiger partial charge in [0, 0.05) is 19.6 Å². The predicted octanol–water partition coefficient (Wildman–Crippen LogP) is 0.750. The maximum absolute atomic E-state index is 12.2. The monoisotopic (exact) mass is 240 g/mol. The molecular weight excluding hydrogens is 216 g/mol. The van der Waals surface area contributed by atoms with Gasteiger partial charge in [0.2, 0.25) is 0 Å². The van der Waals surface area contributed by atoms with Crippen molar-refractivity contribution in [3.63, 3.8) is 0 Å². The Kier molecular flexibility index (Phi) is 4.80. The van der Waals surface area contributed by atoms with Crippen molar-refractivity contribution in [1.29, 1.82) is 0 Å². The van der Waals surface area contributed by atoms with Crippen LogP contribution < -0.4 is 5.32 Å². The third-order valence-corrected chi connectivity index (χ3v) is 4.00. The van der Waals surface area contributed by atoms with E-state index in [-0.39, 0.29) is 11.8 Å². The third kappa shape index (κ3) is 3.42. The van der Waals surface area contributed by atoms with Crippen LogP contribution in [0.25, 0.3) is 0 Å². The summed E-state index contributed by atoms with van der Waals surface area (Å²) in [4.78, 5) is 14.0. The molecule has 1 saturated heterocycles. The van der Waals surface area contributed by atoms with Crippen molar-refractivity contribution in [1.82, 2.24) is 10.2 Å². The number of nitrogens with one attached hydrogen (secondary N) is 1. The Morgan fingerprint density at radius 1 is 1.12 bits per heavy atom. The maximum Gasteiger partial charge on any atom is 0.251 e. The highest BCUT2D eigenvalue weighted by Gasteiger charge is 2.30. The zero-order valence-corrected chi connectivity index (χ0v) is 10.5. The lowest BCUT2D eigenvalue weighted by Gasteiger charge is -2.30. The molecule has 1 aliphatic heterocycles. The number of aliphatic hydroxyl groups excluding tert-OH is 1. The van der Waals surface area contributed by atoms with Crippen molar-refractivity contribution in [2.24, 2.45) is 5.92 Å². The van der Waals surface area contributed by atoms with Gasteiger partial charge in [0.05, 0.1) is 0 Å². The molecule has 0 aromatic heterocycles. The minimum Gasteiger partial charge on any atom is -0.383 e. The Morgan fingerprint density at radius 2 is 1.88 bits per heavy atom. The van der Waals surface area contributed by atoms with E-state index in [4.69, 9.17) is 0 Å². The Bertz CT molecular complexity index is 244. The van der Waals surface area contributed by atoms with Gasteiger partial charge in [-0.25, -0.2) is 0 Å². The van der Waals surface area contributed by atoms with Gasteiger partial charge in [0.25, 0.3) is 5.91 Å². The van der Waals surface area contributed by atoms with E-state index in [1.165, 1.54) is 6.42 Å². The highest BCUT2D eigenvalue weighted by atomic mass is 16.3. The lowest BCUT2D eigenvalue weighted by atomic mass is 9.85. The highest BCUT2D eigenvalue weighted by Crippen LogP contribution is 2.27. The largest absolute Gasteiger partial charge is 0.383 e. The standard InChI is InChI=1S/C13H24N2O2/c16-12(11-5-2-1-3-6-11)13(17)15-9-4-7-14-8-10-15/h11-12,14,16H,1-10H2/t12-/m1/s1. The van der Waals surface area contributed by atoms with E-state index in [1.54, 1.807) is 0 Å². The van der Waals surface area contributed by atoms with E-state index < -0.39 is 6.10 Å². The molecule has 0 aromatic carbocycles. The number of carbonyl (C=O) groups excluding carboxylic acids is 1.